The molecular weight excluding hydrogens is 391 g/mol. The quantitative estimate of drug-likeness (QED) is 0.631. The summed E-state index contributed by atoms with van der Waals surface area (Å²) in [4.78, 5) is 12.3. The highest BCUT2D eigenvalue weighted by atomic mass is 35.5. The lowest BCUT2D eigenvalue weighted by atomic mass is 10.2. The Kier molecular flexibility index (Phi) is 5.74. The maximum absolute atomic E-state index is 13.0. The molecule has 1 amide bonds. The van der Waals surface area contributed by atoms with E-state index < -0.39 is 5.25 Å². The van der Waals surface area contributed by atoms with Gasteiger partial charge in [-0.25, -0.2) is 4.39 Å². The van der Waals surface area contributed by atoms with E-state index in [4.69, 9.17) is 21.3 Å². The summed E-state index contributed by atoms with van der Waals surface area (Å²) in [5.74, 6) is -0.410. The SMILES string of the molecule is C[C@@H](Sc1nnc(-c2ccc(F)cc2)o1)C(=O)Nc1ccc(C#N)c(Cl)c1. The summed E-state index contributed by atoms with van der Waals surface area (Å²) in [7, 11) is 0. The molecule has 136 valence electrons. The van der Waals surface area contributed by atoms with Crippen LogP contribution in [-0.2, 0) is 4.79 Å². The van der Waals surface area contributed by atoms with Crippen molar-refractivity contribution >= 4 is 35.0 Å². The van der Waals surface area contributed by atoms with Crippen LogP contribution in [0.1, 0.15) is 12.5 Å². The number of benzene rings is 2. The van der Waals surface area contributed by atoms with Crippen molar-refractivity contribution in [3.63, 3.8) is 0 Å². The number of nitriles is 1. The van der Waals surface area contributed by atoms with Gasteiger partial charge < -0.3 is 9.73 Å². The van der Waals surface area contributed by atoms with Crippen LogP contribution in [0.15, 0.2) is 52.1 Å². The van der Waals surface area contributed by atoms with Crippen LogP contribution in [0.5, 0.6) is 0 Å². The molecule has 3 aromatic rings. The van der Waals surface area contributed by atoms with Gasteiger partial charge in [0.1, 0.15) is 11.9 Å². The van der Waals surface area contributed by atoms with E-state index in [1.165, 1.54) is 36.4 Å². The van der Waals surface area contributed by atoms with E-state index >= 15 is 0 Å². The predicted octanol–water partition coefficient (Wildman–Crippen LogP) is 4.52. The van der Waals surface area contributed by atoms with Gasteiger partial charge in [-0.05, 0) is 49.4 Å². The molecular formula is C18H12ClFN4O2S. The second-order valence-corrected chi connectivity index (χ2v) is 7.14. The number of nitrogens with one attached hydrogen (secondary N) is 1. The first kappa shape index (κ1) is 18.9. The fourth-order valence-electron chi connectivity index (χ4n) is 2.10. The summed E-state index contributed by atoms with van der Waals surface area (Å²) in [5.41, 5.74) is 1.39. The molecule has 0 aliphatic rings. The minimum Gasteiger partial charge on any atom is -0.411 e. The number of halogens is 2. The van der Waals surface area contributed by atoms with E-state index in [1.54, 1.807) is 13.0 Å². The molecule has 9 heteroatoms. The molecule has 1 N–H and O–H groups in total. The number of thioether (sulfide) groups is 1. The van der Waals surface area contributed by atoms with Crippen molar-refractivity contribution in [2.24, 2.45) is 0 Å². The van der Waals surface area contributed by atoms with Gasteiger partial charge >= 0.3 is 0 Å². The van der Waals surface area contributed by atoms with E-state index in [2.05, 4.69) is 15.5 Å². The highest BCUT2D eigenvalue weighted by Gasteiger charge is 2.19. The zero-order valence-electron chi connectivity index (χ0n) is 13.9. The van der Waals surface area contributed by atoms with Crippen LogP contribution >= 0.6 is 23.4 Å². The fourth-order valence-corrected chi connectivity index (χ4v) is 3.00. The van der Waals surface area contributed by atoms with Crippen LogP contribution in [-0.4, -0.2) is 21.4 Å². The van der Waals surface area contributed by atoms with Crippen molar-refractivity contribution in [2.45, 2.75) is 17.4 Å². The first-order chi connectivity index (χ1) is 13.0. The van der Waals surface area contributed by atoms with Crippen LogP contribution in [0.4, 0.5) is 10.1 Å². The average Bonchev–Trinajstić information content (AvgIpc) is 3.11. The van der Waals surface area contributed by atoms with Crippen molar-refractivity contribution in [2.75, 3.05) is 5.32 Å². The third kappa shape index (κ3) is 4.64. The van der Waals surface area contributed by atoms with Crippen LogP contribution < -0.4 is 5.32 Å². The number of rotatable bonds is 5. The van der Waals surface area contributed by atoms with E-state index in [0.29, 0.717) is 16.8 Å². The van der Waals surface area contributed by atoms with Crippen molar-refractivity contribution < 1.29 is 13.6 Å². The number of hydrogen-bond donors (Lipinski definition) is 1. The van der Waals surface area contributed by atoms with Crippen molar-refractivity contribution in [1.29, 1.82) is 5.26 Å². The zero-order chi connectivity index (χ0) is 19.4. The molecule has 2 aromatic carbocycles. The number of nitrogens with zero attached hydrogens (tertiary/aromatic N) is 3. The molecule has 1 heterocycles. The third-order valence-electron chi connectivity index (χ3n) is 3.50. The molecule has 0 fully saturated rings. The maximum Gasteiger partial charge on any atom is 0.277 e. The lowest BCUT2D eigenvalue weighted by Gasteiger charge is -2.10. The summed E-state index contributed by atoms with van der Waals surface area (Å²) in [6.07, 6.45) is 0. The largest absolute Gasteiger partial charge is 0.411 e. The van der Waals surface area contributed by atoms with Gasteiger partial charge in [0.05, 0.1) is 15.8 Å². The molecule has 0 bridgehead atoms. The molecule has 0 aliphatic heterocycles. The molecule has 0 saturated carbocycles. The monoisotopic (exact) mass is 402 g/mol. The maximum atomic E-state index is 13.0. The van der Waals surface area contributed by atoms with E-state index in [0.717, 1.165) is 11.8 Å². The van der Waals surface area contributed by atoms with Crippen LogP contribution in [0.2, 0.25) is 5.02 Å². The standard InChI is InChI=1S/C18H12ClFN4O2S/c1-10(16(25)22-14-7-4-12(9-21)15(19)8-14)27-18-24-23-17(26-18)11-2-5-13(20)6-3-11/h2-8,10H,1H3,(H,22,25)/t10-/m1/s1. The number of aromatic nitrogens is 2. The summed E-state index contributed by atoms with van der Waals surface area (Å²) in [6.45, 7) is 1.69. The Morgan fingerprint density at radius 1 is 1.30 bits per heavy atom. The van der Waals surface area contributed by atoms with Gasteiger partial charge in [0, 0.05) is 11.3 Å². The van der Waals surface area contributed by atoms with Gasteiger partial charge in [0.15, 0.2) is 0 Å². The summed E-state index contributed by atoms with van der Waals surface area (Å²) in [5, 5.41) is 19.3. The highest BCUT2D eigenvalue weighted by molar-refractivity contribution is 8.00. The van der Waals surface area contributed by atoms with Gasteiger partial charge in [-0.15, -0.1) is 10.2 Å². The average molecular weight is 403 g/mol. The first-order valence-electron chi connectivity index (χ1n) is 7.73. The van der Waals surface area contributed by atoms with Crippen molar-refractivity contribution in [3.05, 3.63) is 58.9 Å². The Labute approximate surface area is 163 Å². The molecule has 0 radical (unpaired) electrons. The molecule has 0 spiro atoms. The van der Waals surface area contributed by atoms with Gasteiger partial charge in [0.2, 0.25) is 11.8 Å². The molecule has 0 aliphatic carbocycles. The van der Waals surface area contributed by atoms with Gasteiger partial charge in [-0.1, -0.05) is 23.4 Å². The van der Waals surface area contributed by atoms with Crippen molar-refractivity contribution in [1.82, 2.24) is 10.2 Å². The molecule has 1 atom stereocenters. The second-order valence-electron chi connectivity index (χ2n) is 5.44. The Bertz CT molecular complexity index is 1020. The second kappa shape index (κ2) is 8.20. The molecule has 0 unspecified atom stereocenters. The Morgan fingerprint density at radius 3 is 2.70 bits per heavy atom. The summed E-state index contributed by atoms with van der Waals surface area (Å²) < 4.78 is 18.5. The minimum absolute atomic E-state index is 0.217. The fraction of sp³-hybridized carbons (Fsp3) is 0.111. The van der Waals surface area contributed by atoms with E-state index in [9.17, 15) is 9.18 Å². The predicted molar refractivity (Wildman–Crippen MR) is 99.8 cm³/mol. The van der Waals surface area contributed by atoms with Crippen LogP contribution in [0.3, 0.4) is 0 Å². The van der Waals surface area contributed by atoms with Gasteiger partial charge in [-0.3, -0.25) is 4.79 Å². The van der Waals surface area contributed by atoms with Crippen molar-refractivity contribution in [3.8, 4) is 17.5 Å². The summed E-state index contributed by atoms with van der Waals surface area (Å²) in [6, 6.07) is 12.2. The Balaban J connectivity index is 1.64. The van der Waals surface area contributed by atoms with Gasteiger partial charge in [0.25, 0.3) is 5.22 Å². The van der Waals surface area contributed by atoms with Gasteiger partial charge in [-0.2, -0.15) is 5.26 Å². The number of carbonyl (C=O) groups is 1. The molecule has 27 heavy (non-hydrogen) atoms. The van der Waals surface area contributed by atoms with E-state index in [1.807, 2.05) is 6.07 Å². The molecule has 3 rings (SSSR count). The third-order valence-corrected chi connectivity index (χ3v) is 4.75. The van der Waals surface area contributed by atoms with Crippen LogP contribution in [0.25, 0.3) is 11.5 Å². The lowest BCUT2D eigenvalue weighted by molar-refractivity contribution is -0.115. The van der Waals surface area contributed by atoms with E-state index in [-0.39, 0.29) is 27.9 Å². The lowest BCUT2D eigenvalue weighted by Crippen LogP contribution is -2.22. The molecule has 1 aromatic heterocycles. The minimum atomic E-state index is -0.527. The Hall–Kier alpha value is -2.89. The Morgan fingerprint density at radius 2 is 2.04 bits per heavy atom. The first-order valence-corrected chi connectivity index (χ1v) is 8.98. The number of anilines is 1. The normalized spacial score (nSPS) is 11.6. The smallest absolute Gasteiger partial charge is 0.277 e. The number of amides is 1. The molecule has 6 nitrogen and oxygen atoms in total. The zero-order valence-corrected chi connectivity index (χ0v) is 15.5. The highest BCUT2D eigenvalue weighted by Crippen LogP contribution is 2.27. The van der Waals surface area contributed by atoms with Crippen LogP contribution in [0, 0.1) is 17.1 Å². The summed E-state index contributed by atoms with van der Waals surface area (Å²) >= 11 is 7.05. The molecule has 0 saturated heterocycles. The number of carbonyl (C=O) groups excluding carboxylic acids is 1. The topological polar surface area (TPSA) is 91.8 Å². The number of hydrogen-bond acceptors (Lipinski definition) is 6.